The highest BCUT2D eigenvalue weighted by molar-refractivity contribution is 7.16. The van der Waals surface area contributed by atoms with Gasteiger partial charge >= 0.3 is 0 Å². The van der Waals surface area contributed by atoms with Crippen LogP contribution in [0.4, 0.5) is 5.00 Å². The predicted octanol–water partition coefficient (Wildman–Crippen LogP) is 4.21. The minimum Gasteiger partial charge on any atom is -0.317 e. The van der Waals surface area contributed by atoms with Gasteiger partial charge in [0.1, 0.15) is 5.00 Å². The number of thiophene rings is 1. The van der Waals surface area contributed by atoms with Gasteiger partial charge in [-0.3, -0.25) is 9.59 Å². The zero-order chi connectivity index (χ0) is 14.9. The Bertz CT molecular complexity index is 674. The number of rotatable bonds is 3. The van der Waals surface area contributed by atoms with Crippen molar-refractivity contribution in [2.24, 2.45) is 0 Å². The summed E-state index contributed by atoms with van der Waals surface area (Å²) >= 11 is 7.25. The Hall–Kier alpha value is -1.65. The summed E-state index contributed by atoms with van der Waals surface area (Å²) in [5, 5.41) is 3.92. The van der Waals surface area contributed by atoms with Crippen LogP contribution in [0.2, 0.25) is 5.02 Å². The molecular weight excluding hydrogens is 294 g/mol. The number of halogens is 1. The van der Waals surface area contributed by atoms with Crippen LogP contribution in [0, 0.1) is 13.8 Å². The summed E-state index contributed by atoms with van der Waals surface area (Å²) in [5.74, 6) is -0.288. The van der Waals surface area contributed by atoms with Crippen LogP contribution < -0.4 is 5.32 Å². The number of amides is 1. The average molecular weight is 308 g/mol. The van der Waals surface area contributed by atoms with Gasteiger partial charge in [0.05, 0.1) is 5.56 Å². The number of anilines is 1. The molecule has 0 aliphatic rings. The number of nitrogens with one attached hydrogen (secondary N) is 1. The molecular formula is C15H14ClNO2S. The van der Waals surface area contributed by atoms with E-state index in [4.69, 9.17) is 11.6 Å². The van der Waals surface area contributed by atoms with Gasteiger partial charge in [-0.2, -0.15) is 0 Å². The lowest BCUT2D eigenvalue weighted by molar-refractivity contribution is -0.114. The van der Waals surface area contributed by atoms with Crippen LogP contribution in [0.15, 0.2) is 24.3 Å². The van der Waals surface area contributed by atoms with E-state index in [2.05, 4.69) is 5.32 Å². The van der Waals surface area contributed by atoms with E-state index in [-0.39, 0.29) is 11.7 Å². The molecule has 2 rings (SSSR count). The van der Waals surface area contributed by atoms with E-state index in [9.17, 15) is 9.59 Å². The molecule has 0 unspecified atom stereocenters. The third kappa shape index (κ3) is 2.92. The molecule has 1 heterocycles. The number of ketones is 1. The molecule has 0 saturated heterocycles. The van der Waals surface area contributed by atoms with Crippen LogP contribution in [-0.4, -0.2) is 11.7 Å². The van der Waals surface area contributed by atoms with Crippen LogP contribution in [-0.2, 0) is 4.79 Å². The van der Waals surface area contributed by atoms with Gasteiger partial charge in [-0.15, -0.1) is 11.3 Å². The quantitative estimate of drug-likeness (QED) is 0.863. The van der Waals surface area contributed by atoms with Gasteiger partial charge in [0.15, 0.2) is 5.78 Å². The molecule has 0 spiro atoms. The van der Waals surface area contributed by atoms with Gasteiger partial charge in [0, 0.05) is 22.4 Å². The standard InChI is InChI=1S/C15H14ClNO2S/c1-8-9(2)20-15(17-10(3)18)13(8)14(19)11-4-6-12(16)7-5-11/h4-7H,1-3H3,(H,17,18). The van der Waals surface area contributed by atoms with Gasteiger partial charge in [-0.1, -0.05) is 11.6 Å². The molecule has 1 amide bonds. The first-order valence-corrected chi connectivity index (χ1v) is 7.27. The van der Waals surface area contributed by atoms with Crippen molar-refractivity contribution in [2.45, 2.75) is 20.8 Å². The molecule has 0 radical (unpaired) electrons. The maximum absolute atomic E-state index is 12.6. The number of carbonyl (C=O) groups excluding carboxylic acids is 2. The summed E-state index contributed by atoms with van der Waals surface area (Å²) in [6, 6.07) is 6.74. The average Bonchev–Trinajstić information content (AvgIpc) is 2.64. The molecule has 5 heteroatoms. The number of hydrogen-bond acceptors (Lipinski definition) is 3. The van der Waals surface area contributed by atoms with Crippen molar-refractivity contribution >= 4 is 39.6 Å². The molecule has 20 heavy (non-hydrogen) atoms. The minimum absolute atomic E-state index is 0.104. The highest BCUT2D eigenvalue weighted by Gasteiger charge is 2.21. The number of aryl methyl sites for hydroxylation is 1. The lowest BCUT2D eigenvalue weighted by Gasteiger charge is -2.05. The third-order valence-corrected chi connectivity index (χ3v) is 4.38. The van der Waals surface area contributed by atoms with Crippen LogP contribution in [0.3, 0.4) is 0 Å². The molecule has 1 aromatic carbocycles. The second-order valence-electron chi connectivity index (χ2n) is 4.50. The third-order valence-electron chi connectivity index (χ3n) is 3.01. The summed E-state index contributed by atoms with van der Waals surface area (Å²) in [6.07, 6.45) is 0. The second kappa shape index (κ2) is 5.77. The van der Waals surface area contributed by atoms with Crippen LogP contribution >= 0.6 is 22.9 Å². The zero-order valence-electron chi connectivity index (χ0n) is 11.4. The summed E-state index contributed by atoms with van der Waals surface area (Å²) < 4.78 is 0. The van der Waals surface area contributed by atoms with E-state index in [1.165, 1.54) is 18.3 Å². The summed E-state index contributed by atoms with van der Waals surface area (Å²) in [5.41, 5.74) is 2.02. The van der Waals surface area contributed by atoms with E-state index in [0.29, 0.717) is 21.2 Å². The topological polar surface area (TPSA) is 46.2 Å². The molecule has 2 aromatic rings. The molecule has 0 aliphatic heterocycles. The molecule has 0 fully saturated rings. The first-order valence-electron chi connectivity index (χ1n) is 6.08. The fourth-order valence-corrected chi connectivity index (χ4v) is 3.12. The number of hydrogen-bond donors (Lipinski definition) is 1. The monoisotopic (exact) mass is 307 g/mol. The molecule has 0 bridgehead atoms. The minimum atomic E-state index is -0.184. The van der Waals surface area contributed by atoms with Crippen molar-refractivity contribution in [2.75, 3.05) is 5.32 Å². The molecule has 0 saturated carbocycles. The lowest BCUT2D eigenvalue weighted by Crippen LogP contribution is -2.10. The number of carbonyl (C=O) groups is 2. The van der Waals surface area contributed by atoms with E-state index < -0.39 is 0 Å². The highest BCUT2D eigenvalue weighted by Crippen LogP contribution is 2.34. The van der Waals surface area contributed by atoms with E-state index >= 15 is 0 Å². The van der Waals surface area contributed by atoms with E-state index in [0.717, 1.165) is 10.4 Å². The Morgan fingerprint density at radius 2 is 1.75 bits per heavy atom. The van der Waals surface area contributed by atoms with Gasteiger partial charge in [0.2, 0.25) is 5.91 Å². The summed E-state index contributed by atoms with van der Waals surface area (Å²) in [4.78, 5) is 24.9. The van der Waals surface area contributed by atoms with Crippen molar-refractivity contribution in [3.63, 3.8) is 0 Å². The van der Waals surface area contributed by atoms with Crippen LogP contribution in [0.25, 0.3) is 0 Å². The fourth-order valence-electron chi connectivity index (χ4n) is 1.89. The van der Waals surface area contributed by atoms with Crippen LogP contribution in [0.1, 0.15) is 33.3 Å². The Labute approximate surface area is 126 Å². The van der Waals surface area contributed by atoms with E-state index in [1.807, 2.05) is 13.8 Å². The lowest BCUT2D eigenvalue weighted by atomic mass is 10.0. The second-order valence-corrected chi connectivity index (χ2v) is 6.17. The van der Waals surface area contributed by atoms with Crippen molar-refractivity contribution in [3.8, 4) is 0 Å². The normalized spacial score (nSPS) is 10.4. The first-order chi connectivity index (χ1) is 9.40. The molecule has 0 aliphatic carbocycles. The van der Waals surface area contributed by atoms with Gasteiger partial charge in [-0.05, 0) is 43.7 Å². The number of benzene rings is 1. The van der Waals surface area contributed by atoms with Crippen molar-refractivity contribution < 1.29 is 9.59 Å². The van der Waals surface area contributed by atoms with Gasteiger partial charge in [0.25, 0.3) is 0 Å². The first kappa shape index (κ1) is 14.8. The van der Waals surface area contributed by atoms with Crippen molar-refractivity contribution in [3.05, 3.63) is 50.9 Å². The van der Waals surface area contributed by atoms with Crippen LogP contribution in [0.5, 0.6) is 0 Å². The Kier molecular flexibility index (Phi) is 4.26. The Morgan fingerprint density at radius 3 is 2.30 bits per heavy atom. The van der Waals surface area contributed by atoms with Crippen molar-refractivity contribution in [1.82, 2.24) is 0 Å². The molecule has 104 valence electrons. The van der Waals surface area contributed by atoms with Crippen molar-refractivity contribution in [1.29, 1.82) is 0 Å². The molecule has 1 N–H and O–H groups in total. The SMILES string of the molecule is CC(=O)Nc1sc(C)c(C)c1C(=O)c1ccc(Cl)cc1. The maximum atomic E-state index is 12.6. The van der Waals surface area contributed by atoms with E-state index in [1.54, 1.807) is 24.3 Å². The molecule has 1 aromatic heterocycles. The Morgan fingerprint density at radius 1 is 1.15 bits per heavy atom. The highest BCUT2D eigenvalue weighted by atomic mass is 35.5. The largest absolute Gasteiger partial charge is 0.317 e. The summed E-state index contributed by atoms with van der Waals surface area (Å²) in [7, 11) is 0. The predicted molar refractivity (Wildman–Crippen MR) is 83.0 cm³/mol. The molecule has 3 nitrogen and oxygen atoms in total. The zero-order valence-corrected chi connectivity index (χ0v) is 13.0. The van der Waals surface area contributed by atoms with Gasteiger partial charge < -0.3 is 5.32 Å². The summed E-state index contributed by atoms with van der Waals surface area (Å²) in [6.45, 7) is 5.26. The Balaban J connectivity index is 2.48. The smallest absolute Gasteiger partial charge is 0.221 e. The van der Waals surface area contributed by atoms with Gasteiger partial charge in [-0.25, -0.2) is 0 Å². The molecule has 0 atom stereocenters. The fraction of sp³-hybridized carbons (Fsp3) is 0.200. The maximum Gasteiger partial charge on any atom is 0.221 e.